The fraction of sp³-hybridized carbons (Fsp3) is 0.737. The van der Waals surface area contributed by atoms with Gasteiger partial charge >= 0.3 is 35.5 Å². The molecule has 0 unspecified atom stereocenters. The molecule has 0 amide bonds. The van der Waals surface area contributed by atoms with Crippen molar-refractivity contribution in [3.05, 3.63) is 17.9 Å². The zero-order chi connectivity index (χ0) is 16.8. The maximum atomic E-state index is 10.7. The van der Waals surface area contributed by atoms with Crippen LogP contribution in [0.1, 0.15) is 96.0 Å². The molecule has 0 aliphatic carbocycles. The van der Waals surface area contributed by atoms with Crippen LogP contribution in [-0.4, -0.2) is 17.7 Å². The zero-order valence-corrected chi connectivity index (χ0v) is 17.5. The van der Waals surface area contributed by atoms with Gasteiger partial charge in [-0.25, -0.2) is 4.79 Å². The van der Waals surface area contributed by atoms with Gasteiger partial charge in [0, 0.05) is 6.07 Å². The van der Waals surface area contributed by atoms with Crippen LogP contribution < -0.4 is 34.3 Å². The van der Waals surface area contributed by atoms with Crippen LogP contribution in [-0.2, 0) is 0 Å². The second kappa shape index (κ2) is 16.0. The average Bonchev–Trinajstić information content (AvgIpc) is 3.01. The SMILES string of the molecule is CCCCCCCCCCCCCCOc1ccc(C(=O)O)o1.[H-].[Na+]. The molecule has 0 aliphatic heterocycles. The number of carboxylic acid groups (broad SMARTS) is 1. The minimum atomic E-state index is -1.06. The van der Waals surface area contributed by atoms with Crippen LogP contribution in [0, 0.1) is 0 Å². The predicted molar refractivity (Wildman–Crippen MR) is 93.4 cm³/mol. The zero-order valence-electron chi connectivity index (χ0n) is 16.5. The first-order valence-electron chi connectivity index (χ1n) is 9.20. The molecule has 1 rings (SSSR count). The van der Waals surface area contributed by atoms with E-state index in [1.807, 2.05) is 0 Å². The molecule has 0 aromatic carbocycles. The summed E-state index contributed by atoms with van der Waals surface area (Å²) in [5, 5.41) is 8.73. The molecule has 0 radical (unpaired) electrons. The minimum absolute atomic E-state index is 0. The Morgan fingerprint density at radius 3 is 1.92 bits per heavy atom. The van der Waals surface area contributed by atoms with Crippen LogP contribution in [0.25, 0.3) is 0 Å². The second-order valence-corrected chi connectivity index (χ2v) is 6.16. The number of aromatic carboxylic acids is 1. The van der Waals surface area contributed by atoms with Crippen LogP contribution >= 0.6 is 0 Å². The predicted octanol–water partition coefficient (Wildman–Crippen LogP) is 3.17. The van der Waals surface area contributed by atoms with E-state index in [9.17, 15) is 4.79 Å². The van der Waals surface area contributed by atoms with Crippen LogP contribution in [0.2, 0.25) is 0 Å². The Bertz CT molecular complexity index is 423. The molecule has 0 saturated heterocycles. The van der Waals surface area contributed by atoms with Gasteiger partial charge in [-0.15, -0.1) is 0 Å². The molecule has 0 fully saturated rings. The normalized spacial score (nSPS) is 10.4. The third-order valence-electron chi connectivity index (χ3n) is 4.03. The first-order chi connectivity index (χ1) is 11.2. The molecule has 5 heteroatoms. The van der Waals surface area contributed by atoms with Gasteiger partial charge in [0.1, 0.15) is 0 Å². The van der Waals surface area contributed by atoms with E-state index in [4.69, 9.17) is 14.3 Å². The molecule has 0 saturated carbocycles. The molecule has 1 heterocycles. The smallest absolute Gasteiger partial charge is 1.00 e. The summed E-state index contributed by atoms with van der Waals surface area (Å²) in [4.78, 5) is 10.7. The molecular formula is C19H33NaO4. The van der Waals surface area contributed by atoms with Crippen molar-refractivity contribution in [2.75, 3.05) is 6.61 Å². The molecule has 24 heavy (non-hydrogen) atoms. The standard InChI is InChI=1S/C19H32O4.Na.H/c1-2-3-4-5-6-7-8-9-10-11-12-13-16-22-18-15-14-17(23-18)19(20)21;;/h14-15H,2-13,16H2,1H3,(H,20,21);;/q;+1;-1. The Hall–Kier alpha value is -0.450. The number of ether oxygens (including phenoxy) is 1. The van der Waals surface area contributed by atoms with Gasteiger partial charge in [-0.3, -0.25) is 0 Å². The molecule has 0 aliphatic rings. The van der Waals surface area contributed by atoms with E-state index in [0.29, 0.717) is 12.6 Å². The number of unbranched alkanes of at least 4 members (excludes halogenated alkanes) is 11. The summed E-state index contributed by atoms with van der Waals surface area (Å²) in [5.41, 5.74) is 0. The Morgan fingerprint density at radius 2 is 1.46 bits per heavy atom. The number of furan rings is 1. The van der Waals surface area contributed by atoms with Crippen molar-refractivity contribution < 1.29 is 50.0 Å². The number of rotatable bonds is 15. The summed E-state index contributed by atoms with van der Waals surface area (Å²) >= 11 is 0. The first kappa shape index (κ1) is 23.5. The van der Waals surface area contributed by atoms with Gasteiger partial charge < -0.3 is 15.7 Å². The minimum Gasteiger partial charge on any atom is -1.00 e. The maximum absolute atomic E-state index is 10.7. The summed E-state index contributed by atoms with van der Waals surface area (Å²) < 4.78 is 10.4. The van der Waals surface area contributed by atoms with Crippen LogP contribution in [0.5, 0.6) is 5.95 Å². The van der Waals surface area contributed by atoms with Crippen molar-refractivity contribution in [3.63, 3.8) is 0 Å². The van der Waals surface area contributed by atoms with Crippen molar-refractivity contribution in [2.45, 2.75) is 84.0 Å². The summed E-state index contributed by atoms with van der Waals surface area (Å²) in [5.74, 6) is -0.842. The fourth-order valence-electron chi connectivity index (χ4n) is 2.63. The molecule has 0 spiro atoms. The van der Waals surface area contributed by atoms with Gasteiger partial charge in [0.15, 0.2) is 0 Å². The third kappa shape index (κ3) is 12.0. The topological polar surface area (TPSA) is 59.7 Å². The second-order valence-electron chi connectivity index (χ2n) is 6.16. The van der Waals surface area contributed by atoms with Crippen LogP contribution in [0.3, 0.4) is 0 Å². The van der Waals surface area contributed by atoms with Gasteiger partial charge in [-0.05, 0) is 12.5 Å². The van der Waals surface area contributed by atoms with Gasteiger partial charge in [0.2, 0.25) is 5.76 Å². The molecule has 0 bridgehead atoms. The third-order valence-corrected chi connectivity index (χ3v) is 4.03. The van der Waals surface area contributed by atoms with E-state index in [2.05, 4.69) is 6.92 Å². The molecule has 134 valence electrons. The largest absolute Gasteiger partial charge is 1.00 e. The van der Waals surface area contributed by atoms with E-state index in [-0.39, 0.29) is 36.7 Å². The van der Waals surface area contributed by atoms with Crippen molar-refractivity contribution in [3.8, 4) is 5.95 Å². The van der Waals surface area contributed by atoms with E-state index >= 15 is 0 Å². The summed E-state index contributed by atoms with van der Waals surface area (Å²) in [6, 6.07) is 2.98. The van der Waals surface area contributed by atoms with Crippen LogP contribution in [0.4, 0.5) is 0 Å². The van der Waals surface area contributed by atoms with Gasteiger partial charge in [0.25, 0.3) is 5.95 Å². The summed E-state index contributed by atoms with van der Waals surface area (Å²) in [6.07, 6.45) is 15.7. The van der Waals surface area contributed by atoms with Crippen molar-refractivity contribution in [1.82, 2.24) is 0 Å². The monoisotopic (exact) mass is 348 g/mol. The van der Waals surface area contributed by atoms with Crippen molar-refractivity contribution in [1.29, 1.82) is 0 Å². The van der Waals surface area contributed by atoms with Gasteiger partial charge in [-0.1, -0.05) is 77.6 Å². The molecule has 1 N–H and O–H groups in total. The molecule has 1 aromatic heterocycles. The Labute approximate surface area is 170 Å². The van der Waals surface area contributed by atoms with E-state index < -0.39 is 5.97 Å². The Kier molecular flexibility index (Phi) is 15.7. The molecule has 0 atom stereocenters. The number of carbonyl (C=O) groups is 1. The Balaban J connectivity index is 0. The fourth-order valence-corrected chi connectivity index (χ4v) is 2.63. The first-order valence-corrected chi connectivity index (χ1v) is 9.20. The quantitative estimate of drug-likeness (QED) is 0.391. The molecular weight excluding hydrogens is 315 g/mol. The maximum Gasteiger partial charge on any atom is 1.00 e. The number of hydrogen-bond donors (Lipinski definition) is 1. The van der Waals surface area contributed by atoms with E-state index in [1.165, 1.54) is 70.3 Å². The van der Waals surface area contributed by atoms with E-state index in [1.54, 1.807) is 6.07 Å². The average molecular weight is 348 g/mol. The van der Waals surface area contributed by atoms with Gasteiger partial charge in [-0.2, -0.15) is 0 Å². The van der Waals surface area contributed by atoms with Crippen molar-refractivity contribution in [2.24, 2.45) is 0 Å². The molecule has 1 aromatic rings. The van der Waals surface area contributed by atoms with Gasteiger partial charge in [0.05, 0.1) is 6.61 Å². The summed E-state index contributed by atoms with van der Waals surface area (Å²) in [6.45, 7) is 2.84. The van der Waals surface area contributed by atoms with Crippen LogP contribution in [0.15, 0.2) is 16.5 Å². The Morgan fingerprint density at radius 1 is 0.958 bits per heavy atom. The van der Waals surface area contributed by atoms with E-state index in [0.717, 1.165) is 12.8 Å². The number of hydrogen-bond acceptors (Lipinski definition) is 3. The summed E-state index contributed by atoms with van der Waals surface area (Å²) in [7, 11) is 0. The van der Waals surface area contributed by atoms with Crippen molar-refractivity contribution >= 4 is 5.97 Å². The molecule has 4 nitrogen and oxygen atoms in total. The number of carboxylic acids is 1.